The van der Waals surface area contributed by atoms with Gasteiger partial charge in [-0.1, -0.05) is 190 Å². The minimum absolute atomic E-state index is 0.0263. The van der Waals surface area contributed by atoms with E-state index in [0.717, 1.165) is 24.6 Å². The van der Waals surface area contributed by atoms with Crippen molar-refractivity contribution in [2.45, 2.75) is 123 Å². The quantitative estimate of drug-likeness (QED) is 0.0654. The molecule has 0 saturated carbocycles. The summed E-state index contributed by atoms with van der Waals surface area (Å²) >= 11 is 0. The zero-order valence-electron chi connectivity index (χ0n) is 34.2. The van der Waals surface area contributed by atoms with Gasteiger partial charge in [-0.3, -0.25) is 0 Å². The molecule has 4 nitrogen and oxygen atoms in total. The van der Waals surface area contributed by atoms with Gasteiger partial charge in [0.1, 0.15) is 0 Å². The maximum Gasteiger partial charge on any atom is 0.261 e. The molecule has 0 N–H and O–H groups in total. The molecule has 0 aromatic heterocycles. The second-order valence-electron chi connectivity index (χ2n) is 16.1. The Labute approximate surface area is 325 Å². The lowest BCUT2D eigenvalue weighted by Crippen LogP contribution is -2.66. The Morgan fingerprint density at radius 1 is 0.755 bits per heavy atom. The van der Waals surface area contributed by atoms with Gasteiger partial charge >= 0.3 is 0 Å². The van der Waals surface area contributed by atoms with Crippen LogP contribution < -0.4 is 10.4 Å². The van der Waals surface area contributed by atoms with Gasteiger partial charge in [-0.15, -0.1) is 0 Å². The van der Waals surface area contributed by atoms with E-state index >= 15 is 0 Å². The molecule has 0 spiro atoms. The monoisotopic (exact) mass is 752 g/mol. The van der Waals surface area contributed by atoms with Crippen LogP contribution >= 0.6 is 0 Å². The number of hydrogen-bond acceptors (Lipinski definition) is 4. The first-order valence-electron chi connectivity index (χ1n) is 20.2. The van der Waals surface area contributed by atoms with Crippen molar-refractivity contribution in [3.63, 3.8) is 0 Å². The Balaban J connectivity index is 1.78. The molecule has 4 atom stereocenters. The molecule has 0 bridgehead atoms. The molecule has 0 fully saturated rings. The largest absolute Gasteiger partial charge is 0.407 e. The highest BCUT2D eigenvalue weighted by Crippen LogP contribution is 2.39. The van der Waals surface area contributed by atoms with E-state index in [-0.39, 0.29) is 17.2 Å². The average molecular weight is 753 g/mol. The number of rotatable bonds is 20. The molecule has 1 heterocycles. The van der Waals surface area contributed by atoms with Crippen LogP contribution in [0.5, 0.6) is 0 Å². The lowest BCUT2D eigenvalue weighted by molar-refractivity contribution is -0.0162. The van der Waals surface area contributed by atoms with Gasteiger partial charge in [-0.05, 0) is 51.4 Å². The van der Waals surface area contributed by atoms with Crippen molar-refractivity contribution in [3.8, 4) is 0 Å². The highest BCUT2D eigenvalue weighted by Gasteiger charge is 2.50. The standard InChI is InChI=1S/C47H68O4Si2/c1-10-41-30-31-44(39(5)6)50-45(41)32-34-47(51-52(11-2,12-3)13-4,33-23-36-48-38-40-24-17-14-18-25-40)35-37-49-53(46(7,8)9,42-26-19-15-20-27-42)43-28-21-16-22-29-43/h14-34,39,41,44-45H,10-13,35-38H2,1-9H3/b33-23+,34-32?/t41-,44+,45-,47-/m0/s1. The fraction of sp³-hybridized carbons (Fsp3) is 0.489. The topological polar surface area (TPSA) is 36.9 Å². The molecule has 3 aromatic rings. The maximum atomic E-state index is 7.66. The lowest BCUT2D eigenvalue weighted by atomic mass is 9.90. The highest BCUT2D eigenvalue weighted by molar-refractivity contribution is 6.99. The molecule has 0 aliphatic carbocycles. The van der Waals surface area contributed by atoms with E-state index in [1.807, 2.05) is 6.07 Å². The Kier molecular flexibility index (Phi) is 16.3. The van der Waals surface area contributed by atoms with Gasteiger partial charge in [0.25, 0.3) is 8.32 Å². The maximum absolute atomic E-state index is 7.66. The van der Waals surface area contributed by atoms with Crippen molar-refractivity contribution in [2.24, 2.45) is 11.8 Å². The summed E-state index contributed by atoms with van der Waals surface area (Å²) in [5.41, 5.74) is 0.482. The summed E-state index contributed by atoms with van der Waals surface area (Å²) in [5.74, 6) is 0.721. The van der Waals surface area contributed by atoms with Crippen molar-refractivity contribution in [2.75, 3.05) is 13.2 Å². The molecule has 0 radical (unpaired) electrons. The van der Waals surface area contributed by atoms with Crippen LogP contribution in [0.4, 0.5) is 0 Å². The number of hydrogen-bond donors (Lipinski definition) is 0. The number of ether oxygens (including phenoxy) is 2. The predicted octanol–water partition coefficient (Wildman–Crippen LogP) is 11.0. The first kappa shape index (κ1) is 42.9. The summed E-state index contributed by atoms with van der Waals surface area (Å²) in [6.07, 6.45) is 15.5. The Bertz CT molecular complexity index is 1510. The van der Waals surface area contributed by atoms with Crippen molar-refractivity contribution >= 4 is 27.0 Å². The van der Waals surface area contributed by atoms with Crippen molar-refractivity contribution in [1.82, 2.24) is 0 Å². The highest BCUT2D eigenvalue weighted by atomic mass is 28.4. The zero-order chi connectivity index (χ0) is 38.4. The first-order chi connectivity index (χ1) is 25.5. The van der Waals surface area contributed by atoms with Crippen LogP contribution in [0, 0.1) is 11.8 Å². The molecule has 6 heteroatoms. The van der Waals surface area contributed by atoms with E-state index in [1.54, 1.807) is 0 Å². The third-order valence-electron chi connectivity index (χ3n) is 11.3. The Hall–Kier alpha value is -2.85. The van der Waals surface area contributed by atoms with Crippen LogP contribution in [0.1, 0.15) is 80.7 Å². The third kappa shape index (κ3) is 11.1. The van der Waals surface area contributed by atoms with Crippen LogP contribution in [-0.2, 0) is 24.9 Å². The smallest absolute Gasteiger partial charge is 0.261 e. The second-order valence-corrected chi connectivity index (χ2v) is 25.1. The Morgan fingerprint density at radius 3 is 1.83 bits per heavy atom. The molecule has 1 aliphatic heterocycles. The van der Waals surface area contributed by atoms with Crippen LogP contribution in [-0.4, -0.2) is 47.7 Å². The molecule has 0 unspecified atom stereocenters. The summed E-state index contributed by atoms with van der Waals surface area (Å²) in [4.78, 5) is 0. The van der Waals surface area contributed by atoms with Gasteiger partial charge in [-0.2, -0.15) is 0 Å². The van der Waals surface area contributed by atoms with E-state index < -0.39 is 22.2 Å². The molecular weight excluding hydrogens is 685 g/mol. The minimum atomic E-state index is -2.76. The second kappa shape index (κ2) is 20.2. The normalized spacial score (nSPS) is 19.7. The van der Waals surface area contributed by atoms with Crippen LogP contribution in [0.15, 0.2) is 127 Å². The summed E-state index contributed by atoms with van der Waals surface area (Å²) in [7, 11) is -4.88. The van der Waals surface area contributed by atoms with E-state index in [1.165, 1.54) is 15.9 Å². The van der Waals surface area contributed by atoms with Crippen molar-refractivity contribution in [1.29, 1.82) is 0 Å². The first-order valence-corrected chi connectivity index (χ1v) is 24.7. The fourth-order valence-corrected chi connectivity index (χ4v) is 15.3. The molecule has 3 aromatic carbocycles. The van der Waals surface area contributed by atoms with Crippen molar-refractivity contribution < 1.29 is 18.3 Å². The van der Waals surface area contributed by atoms with E-state index in [4.69, 9.17) is 18.3 Å². The van der Waals surface area contributed by atoms with Crippen LogP contribution in [0.3, 0.4) is 0 Å². The zero-order valence-corrected chi connectivity index (χ0v) is 36.2. The molecule has 1 aliphatic rings. The van der Waals surface area contributed by atoms with E-state index in [9.17, 15) is 0 Å². The van der Waals surface area contributed by atoms with E-state index in [2.05, 4.69) is 184 Å². The molecule has 53 heavy (non-hydrogen) atoms. The van der Waals surface area contributed by atoms with E-state index in [0.29, 0.717) is 38.1 Å². The average Bonchev–Trinajstić information content (AvgIpc) is 3.18. The molecule has 0 amide bonds. The van der Waals surface area contributed by atoms with Crippen molar-refractivity contribution in [3.05, 3.63) is 133 Å². The minimum Gasteiger partial charge on any atom is -0.407 e. The Morgan fingerprint density at radius 2 is 1.32 bits per heavy atom. The summed E-state index contributed by atoms with van der Waals surface area (Å²) in [5, 5.41) is 2.46. The molecular formula is C47H68O4Si2. The molecule has 4 rings (SSSR count). The van der Waals surface area contributed by atoms with Gasteiger partial charge in [0.2, 0.25) is 0 Å². The van der Waals surface area contributed by atoms with Gasteiger partial charge in [0.15, 0.2) is 8.32 Å². The molecule has 288 valence electrons. The van der Waals surface area contributed by atoms with Crippen LogP contribution in [0.2, 0.25) is 23.2 Å². The summed E-state index contributed by atoms with van der Waals surface area (Å²) in [6, 6.07) is 35.4. The fourth-order valence-electron chi connectivity index (χ4n) is 7.79. The predicted molar refractivity (Wildman–Crippen MR) is 230 cm³/mol. The third-order valence-corrected chi connectivity index (χ3v) is 21.0. The number of benzene rings is 3. The van der Waals surface area contributed by atoms with Gasteiger partial charge in [-0.25, -0.2) is 0 Å². The molecule has 0 saturated heterocycles. The lowest BCUT2D eigenvalue weighted by Gasteiger charge is -2.44. The summed E-state index contributed by atoms with van der Waals surface area (Å²) < 4.78 is 28.2. The van der Waals surface area contributed by atoms with Crippen LogP contribution in [0.25, 0.3) is 0 Å². The van der Waals surface area contributed by atoms with Gasteiger partial charge < -0.3 is 18.3 Å². The van der Waals surface area contributed by atoms with Gasteiger partial charge in [0.05, 0.1) is 31.0 Å². The SMILES string of the molecule is CC[C@H]1C=C[C@H](C(C)C)O[C@H]1C=C[C@@](/C=C/COCc1ccccc1)(CCO[Si](c1ccccc1)(c1ccccc1)C(C)(C)C)O[Si](CC)(CC)CC. The van der Waals surface area contributed by atoms with Gasteiger partial charge in [0, 0.05) is 18.9 Å². The summed E-state index contributed by atoms with van der Waals surface area (Å²) in [6.45, 7) is 22.3.